The zero-order valence-corrected chi connectivity index (χ0v) is 32.7. The lowest BCUT2D eigenvalue weighted by Gasteiger charge is -2.23. The maximum absolute atomic E-state index is 11.4. The number of hydrogen-bond donors (Lipinski definition) is 0. The normalized spacial score (nSPS) is 12.1. The molecule has 1 aliphatic carbocycles. The third-order valence-corrected chi connectivity index (χ3v) is 12.1. The number of benzene rings is 8. The lowest BCUT2D eigenvalue weighted by Crippen LogP contribution is -2.03. The Morgan fingerprint density at radius 1 is 0.383 bits per heavy atom. The van der Waals surface area contributed by atoms with E-state index in [1.165, 1.54) is 32.9 Å². The zero-order valence-electron chi connectivity index (χ0n) is 32.7. The molecule has 2 heterocycles. The van der Waals surface area contributed by atoms with E-state index in [4.69, 9.17) is 0 Å². The highest BCUT2D eigenvalue weighted by Gasteiger charge is 2.28. The first-order valence-corrected chi connectivity index (χ1v) is 20.4. The van der Waals surface area contributed by atoms with Crippen molar-refractivity contribution in [2.75, 3.05) is 0 Å². The minimum Gasteiger partial charge on any atom is -0.310 e. The second kappa shape index (κ2) is 14.3. The first-order valence-electron chi connectivity index (χ1n) is 20.4. The van der Waals surface area contributed by atoms with E-state index in [0.29, 0.717) is 11.1 Å². The molecular formula is C56H36N4. The summed E-state index contributed by atoms with van der Waals surface area (Å²) >= 11 is 0. The van der Waals surface area contributed by atoms with Crippen molar-refractivity contribution in [2.45, 2.75) is 12.8 Å². The van der Waals surface area contributed by atoms with Gasteiger partial charge in [0, 0.05) is 55.5 Å². The van der Waals surface area contributed by atoms with Gasteiger partial charge in [-0.15, -0.1) is 0 Å². The second-order valence-corrected chi connectivity index (χ2v) is 15.3. The predicted molar refractivity (Wildman–Crippen MR) is 246 cm³/mol. The minimum absolute atomic E-state index is 0.526. The van der Waals surface area contributed by atoms with Gasteiger partial charge in [0.2, 0.25) is 0 Å². The van der Waals surface area contributed by atoms with Crippen LogP contribution in [-0.4, -0.2) is 9.13 Å². The third-order valence-electron chi connectivity index (χ3n) is 12.1. The van der Waals surface area contributed by atoms with Gasteiger partial charge in [-0.3, -0.25) is 0 Å². The van der Waals surface area contributed by atoms with E-state index in [2.05, 4.69) is 155 Å². The highest BCUT2D eigenvalue weighted by atomic mass is 15.0. The van der Waals surface area contributed by atoms with Crippen LogP contribution in [0.1, 0.15) is 28.8 Å². The molecule has 0 saturated heterocycles. The number of hydrogen-bond acceptors (Lipinski definition) is 2. The fraction of sp³-hybridized carbons (Fsp3) is 0.0357. The van der Waals surface area contributed by atoms with Crippen LogP contribution in [0.2, 0.25) is 0 Å². The van der Waals surface area contributed by atoms with Crippen molar-refractivity contribution in [3.8, 4) is 68.0 Å². The Morgan fingerprint density at radius 3 is 1.23 bits per heavy atom. The van der Waals surface area contributed by atoms with Gasteiger partial charge in [0.25, 0.3) is 0 Å². The molecule has 10 aromatic rings. The quantitative estimate of drug-likeness (QED) is 0.169. The van der Waals surface area contributed by atoms with Gasteiger partial charge in [-0.05, 0) is 89.2 Å². The maximum atomic E-state index is 11.4. The number of fused-ring (bicyclic) bond motifs is 6. The second-order valence-electron chi connectivity index (χ2n) is 15.3. The van der Waals surface area contributed by atoms with Crippen molar-refractivity contribution < 1.29 is 0 Å². The summed E-state index contributed by atoms with van der Waals surface area (Å²) in [7, 11) is 0. The van der Waals surface area contributed by atoms with Gasteiger partial charge < -0.3 is 9.13 Å². The smallest absolute Gasteiger partial charge is 0.100 e. The Morgan fingerprint density at radius 2 is 0.767 bits per heavy atom. The van der Waals surface area contributed by atoms with Crippen molar-refractivity contribution in [3.63, 3.8) is 0 Å². The Balaban J connectivity index is 1.15. The molecule has 0 aliphatic heterocycles. The molecule has 60 heavy (non-hydrogen) atoms. The van der Waals surface area contributed by atoms with Crippen LogP contribution in [0, 0.1) is 22.7 Å². The van der Waals surface area contributed by atoms with Gasteiger partial charge in [0.05, 0.1) is 27.7 Å². The maximum Gasteiger partial charge on any atom is 0.100 e. The molecule has 0 unspecified atom stereocenters. The van der Waals surface area contributed by atoms with E-state index in [1.807, 2.05) is 60.7 Å². The molecule has 4 nitrogen and oxygen atoms in total. The molecule has 8 aromatic carbocycles. The molecule has 0 bridgehead atoms. The van der Waals surface area contributed by atoms with Gasteiger partial charge >= 0.3 is 0 Å². The topological polar surface area (TPSA) is 57.4 Å². The SMILES string of the molecule is N#Cc1c(-c2ccccc2)c(-c2ccc(-n3c4ccccc4c4ccccc43)cc2)c(C#N)c(-c2ccccc2)c1-c1ccc(-n2c3c(c4ccccc42)CCC=C3)cc1. The average Bonchev–Trinajstić information content (AvgIpc) is 3.84. The number of allylic oxidation sites excluding steroid dienone is 1. The van der Waals surface area contributed by atoms with Crippen LogP contribution >= 0.6 is 0 Å². The van der Waals surface area contributed by atoms with Crippen LogP contribution in [0.4, 0.5) is 0 Å². The van der Waals surface area contributed by atoms with Crippen LogP contribution in [0.5, 0.6) is 0 Å². The molecule has 4 heteroatoms. The lowest BCUT2D eigenvalue weighted by atomic mass is 9.78. The summed E-state index contributed by atoms with van der Waals surface area (Å²) in [6.07, 6.45) is 6.54. The van der Waals surface area contributed by atoms with E-state index in [0.717, 1.165) is 79.8 Å². The average molecular weight is 765 g/mol. The van der Waals surface area contributed by atoms with Gasteiger partial charge in [-0.25, -0.2) is 0 Å². The summed E-state index contributed by atoms with van der Waals surface area (Å²) in [6, 6.07) is 68.1. The lowest BCUT2D eigenvalue weighted by molar-refractivity contribution is 0.967. The first-order chi connectivity index (χ1) is 29.7. The van der Waals surface area contributed by atoms with Crippen LogP contribution in [0.3, 0.4) is 0 Å². The molecule has 0 N–H and O–H groups in total. The highest BCUT2D eigenvalue weighted by molar-refractivity contribution is 6.09. The molecule has 280 valence electrons. The number of rotatable bonds is 6. The molecule has 0 fully saturated rings. The minimum atomic E-state index is 0.526. The number of nitriles is 2. The molecule has 0 amide bonds. The van der Waals surface area contributed by atoms with E-state index in [-0.39, 0.29) is 0 Å². The summed E-state index contributed by atoms with van der Waals surface area (Å²) in [5.41, 5.74) is 15.6. The molecule has 11 rings (SSSR count). The van der Waals surface area contributed by atoms with Crippen LogP contribution in [0.25, 0.3) is 94.7 Å². The van der Waals surface area contributed by atoms with Crippen LogP contribution in [0.15, 0.2) is 188 Å². The van der Waals surface area contributed by atoms with Crippen molar-refractivity contribution in [3.05, 3.63) is 210 Å². The van der Waals surface area contributed by atoms with Gasteiger partial charge in [0.15, 0.2) is 0 Å². The van der Waals surface area contributed by atoms with Crippen LogP contribution in [-0.2, 0) is 6.42 Å². The monoisotopic (exact) mass is 764 g/mol. The zero-order chi connectivity index (χ0) is 40.2. The Hall–Kier alpha value is -8.18. The van der Waals surface area contributed by atoms with E-state index < -0.39 is 0 Å². The van der Waals surface area contributed by atoms with Crippen molar-refractivity contribution in [1.29, 1.82) is 10.5 Å². The van der Waals surface area contributed by atoms with E-state index in [9.17, 15) is 10.5 Å². The Labute approximate surface area is 348 Å². The van der Waals surface area contributed by atoms with Gasteiger partial charge in [-0.2, -0.15) is 10.5 Å². The van der Waals surface area contributed by atoms with E-state index in [1.54, 1.807) is 0 Å². The van der Waals surface area contributed by atoms with Crippen LogP contribution < -0.4 is 0 Å². The Kier molecular flexibility index (Phi) is 8.36. The van der Waals surface area contributed by atoms with Gasteiger partial charge in [-0.1, -0.05) is 146 Å². The summed E-state index contributed by atoms with van der Waals surface area (Å²) in [5, 5.41) is 26.5. The molecule has 1 aliphatic rings. The van der Waals surface area contributed by atoms with E-state index >= 15 is 0 Å². The summed E-state index contributed by atoms with van der Waals surface area (Å²) in [6.45, 7) is 0. The standard InChI is InChI=1S/C56H36N4/c57-35-47-53(37-15-3-1-4-16-37)55(39-27-31-41(32-28-39)59-49-23-11-7-19-43(49)44-20-8-12-24-50(44)59)48(36-58)54(38-17-5-2-6-18-38)56(47)40-29-33-42(34-30-40)60-51-25-13-9-21-45(51)46-22-10-14-26-52(46)60/h1-9,11-21,23-34H,10,22H2. The number of nitrogens with zero attached hydrogens (tertiary/aromatic N) is 4. The summed E-state index contributed by atoms with van der Waals surface area (Å²) in [5.74, 6) is 0. The fourth-order valence-electron chi connectivity index (χ4n) is 9.56. The molecular weight excluding hydrogens is 729 g/mol. The summed E-state index contributed by atoms with van der Waals surface area (Å²) < 4.78 is 4.64. The molecule has 0 radical (unpaired) electrons. The third kappa shape index (κ3) is 5.43. The van der Waals surface area contributed by atoms with Crippen molar-refractivity contribution in [1.82, 2.24) is 9.13 Å². The number of aromatic nitrogens is 2. The molecule has 0 spiro atoms. The van der Waals surface area contributed by atoms with Crippen molar-refractivity contribution >= 4 is 38.8 Å². The molecule has 2 aromatic heterocycles. The highest BCUT2D eigenvalue weighted by Crippen LogP contribution is 2.49. The molecule has 0 atom stereocenters. The predicted octanol–water partition coefficient (Wildman–Crippen LogP) is 14.1. The first kappa shape index (κ1) is 35.0. The Bertz CT molecular complexity index is 3350. The number of para-hydroxylation sites is 3. The number of aryl methyl sites for hydroxylation is 1. The fourth-order valence-corrected chi connectivity index (χ4v) is 9.56. The van der Waals surface area contributed by atoms with Crippen molar-refractivity contribution in [2.24, 2.45) is 0 Å². The van der Waals surface area contributed by atoms with Gasteiger partial charge in [0.1, 0.15) is 12.1 Å². The largest absolute Gasteiger partial charge is 0.310 e. The molecule has 0 saturated carbocycles. The summed E-state index contributed by atoms with van der Waals surface area (Å²) in [4.78, 5) is 0.